The van der Waals surface area contributed by atoms with E-state index in [1.165, 1.54) is 30.8 Å². The van der Waals surface area contributed by atoms with Gasteiger partial charge < -0.3 is 10.2 Å². The Morgan fingerprint density at radius 3 is 2.65 bits per heavy atom. The molecule has 3 fully saturated rings. The van der Waals surface area contributed by atoms with Crippen molar-refractivity contribution < 1.29 is 4.79 Å². The van der Waals surface area contributed by atoms with Gasteiger partial charge in [-0.2, -0.15) is 11.8 Å². The minimum absolute atomic E-state index is 0.259. The monoisotopic (exact) mass is 254 g/mol. The number of nitrogens with zero attached hydrogens (tertiary/aromatic N) is 1. The van der Waals surface area contributed by atoms with Gasteiger partial charge in [-0.3, -0.25) is 4.79 Å². The van der Waals surface area contributed by atoms with Crippen LogP contribution in [0.5, 0.6) is 0 Å². The van der Waals surface area contributed by atoms with Crippen LogP contribution in [-0.4, -0.2) is 47.5 Å². The zero-order chi connectivity index (χ0) is 11.7. The van der Waals surface area contributed by atoms with Crippen LogP contribution >= 0.6 is 11.8 Å². The molecule has 4 heteroatoms. The fraction of sp³-hybridized carbons (Fsp3) is 0.923. The standard InChI is InChI=1S/C13H22N2OS/c16-13(10-2-1-6-14-8-10)15(11-3-4-11)12-5-7-17-9-12/h10-12,14H,1-9H2. The van der Waals surface area contributed by atoms with Crippen LogP contribution in [-0.2, 0) is 4.79 Å². The molecule has 2 atom stereocenters. The minimum Gasteiger partial charge on any atom is -0.336 e. The molecule has 96 valence electrons. The van der Waals surface area contributed by atoms with E-state index in [2.05, 4.69) is 10.2 Å². The fourth-order valence-electron chi connectivity index (χ4n) is 3.03. The smallest absolute Gasteiger partial charge is 0.227 e. The van der Waals surface area contributed by atoms with Crippen molar-refractivity contribution in [2.45, 2.75) is 44.2 Å². The van der Waals surface area contributed by atoms with Crippen LogP contribution in [0.1, 0.15) is 32.1 Å². The zero-order valence-corrected chi connectivity index (χ0v) is 11.2. The lowest BCUT2D eigenvalue weighted by Crippen LogP contribution is -2.48. The molecule has 3 aliphatic rings. The average Bonchev–Trinajstić information content (AvgIpc) is 3.05. The minimum atomic E-state index is 0.259. The van der Waals surface area contributed by atoms with Gasteiger partial charge in [0, 0.05) is 24.4 Å². The summed E-state index contributed by atoms with van der Waals surface area (Å²) in [5.74, 6) is 3.12. The maximum absolute atomic E-state index is 12.6. The lowest BCUT2D eigenvalue weighted by Gasteiger charge is -2.33. The zero-order valence-electron chi connectivity index (χ0n) is 10.4. The molecule has 1 amide bonds. The van der Waals surface area contributed by atoms with Crippen LogP contribution in [0.2, 0.25) is 0 Å². The molecule has 0 spiro atoms. The molecular formula is C13H22N2OS. The summed E-state index contributed by atoms with van der Waals surface area (Å²) in [5, 5.41) is 3.37. The number of carbonyl (C=O) groups excluding carboxylic acids is 1. The molecule has 17 heavy (non-hydrogen) atoms. The van der Waals surface area contributed by atoms with E-state index in [1.54, 1.807) is 0 Å². The Bertz CT molecular complexity index is 281. The SMILES string of the molecule is O=C(C1CCCNC1)N(C1CC1)C1CCSC1. The van der Waals surface area contributed by atoms with Crippen molar-refractivity contribution in [3.05, 3.63) is 0 Å². The second-order valence-corrected chi connectivity index (χ2v) is 6.69. The average molecular weight is 254 g/mol. The highest BCUT2D eigenvalue weighted by Gasteiger charge is 2.40. The van der Waals surface area contributed by atoms with E-state index in [0.29, 0.717) is 18.0 Å². The van der Waals surface area contributed by atoms with Gasteiger partial charge >= 0.3 is 0 Å². The van der Waals surface area contributed by atoms with Crippen LogP contribution in [0, 0.1) is 5.92 Å². The summed E-state index contributed by atoms with van der Waals surface area (Å²) in [6, 6.07) is 1.13. The third-order valence-corrected chi connectivity index (χ3v) is 5.28. The van der Waals surface area contributed by atoms with Gasteiger partial charge in [0.25, 0.3) is 0 Å². The highest BCUT2D eigenvalue weighted by atomic mass is 32.2. The van der Waals surface area contributed by atoms with Crippen molar-refractivity contribution in [2.75, 3.05) is 24.6 Å². The van der Waals surface area contributed by atoms with Crippen molar-refractivity contribution >= 4 is 17.7 Å². The predicted molar refractivity (Wildman–Crippen MR) is 71.2 cm³/mol. The lowest BCUT2D eigenvalue weighted by atomic mass is 9.97. The van der Waals surface area contributed by atoms with Crippen LogP contribution in [0.4, 0.5) is 0 Å². The van der Waals surface area contributed by atoms with Gasteiger partial charge in [-0.1, -0.05) is 0 Å². The molecule has 3 nitrogen and oxygen atoms in total. The Balaban J connectivity index is 1.66. The fourth-order valence-corrected chi connectivity index (χ4v) is 4.23. The van der Waals surface area contributed by atoms with E-state index in [9.17, 15) is 4.79 Å². The third-order valence-electron chi connectivity index (χ3n) is 4.14. The highest BCUT2D eigenvalue weighted by molar-refractivity contribution is 7.99. The van der Waals surface area contributed by atoms with E-state index in [1.807, 2.05) is 11.8 Å². The van der Waals surface area contributed by atoms with Crippen LogP contribution in [0.3, 0.4) is 0 Å². The molecular weight excluding hydrogens is 232 g/mol. The molecule has 2 saturated heterocycles. The maximum Gasteiger partial charge on any atom is 0.227 e. The molecule has 0 radical (unpaired) electrons. The number of rotatable bonds is 3. The first-order valence-electron chi connectivity index (χ1n) is 6.97. The Morgan fingerprint density at radius 2 is 2.06 bits per heavy atom. The van der Waals surface area contributed by atoms with E-state index >= 15 is 0 Å². The van der Waals surface area contributed by atoms with Crippen molar-refractivity contribution in [2.24, 2.45) is 5.92 Å². The molecule has 1 N–H and O–H groups in total. The van der Waals surface area contributed by atoms with Gasteiger partial charge in [0.2, 0.25) is 5.91 Å². The van der Waals surface area contributed by atoms with E-state index in [-0.39, 0.29) is 5.92 Å². The summed E-state index contributed by atoms with van der Waals surface area (Å²) in [6.45, 7) is 1.99. The summed E-state index contributed by atoms with van der Waals surface area (Å²) < 4.78 is 0. The van der Waals surface area contributed by atoms with Crippen LogP contribution in [0.25, 0.3) is 0 Å². The van der Waals surface area contributed by atoms with Gasteiger partial charge in [0.15, 0.2) is 0 Å². The number of amides is 1. The summed E-state index contributed by atoms with van der Waals surface area (Å²) >= 11 is 2.01. The predicted octanol–water partition coefficient (Wildman–Crippen LogP) is 1.48. The third kappa shape index (κ3) is 2.63. The largest absolute Gasteiger partial charge is 0.336 e. The number of hydrogen-bond donors (Lipinski definition) is 1. The van der Waals surface area contributed by atoms with Crippen molar-refractivity contribution in [1.82, 2.24) is 10.2 Å². The summed E-state index contributed by atoms with van der Waals surface area (Å²) in [7, 11) is 0. The Kier molecular flexibility index (Phi) is 3.61. The number of piperidine rings is 1. The van der Waals surface area contributed by atoms with Crippen molar-refractivity contribution in [3.8, 4) is 0 Å². The quantitative estimate of drug-likeness (QED) is 0.828. The molecule has 2 unspecified atom stereocenters. The summed E-state index contributed by atoms with van der Waals surface area (Å²) in [5.41, 5.74) is 0. The number of nitrogens with one attached hydrogen (secondary N) is 1. The number of thioether (sulfide) groups is 1. The summed E-state index contributed by atoms with van der Waals surface area (Å²) in [6.07, 6.45) is 5.95. The van der Waals surface area contributed by atoms with Gasteiger partial charge in [0.1, 0.15) is 0 Å². The molecule has 2 heterocycles. The maximum atomic E-state index is 12.6. The van der Waals surface area contributed by atoms with Gasteiger partial charge in [-0.05, 0) is 44.4 Å². The topological polar surface area (TPSA) is 32.3 Å². The molecule has 0 bridgehead atoms. The van der Waals surface area contributed by atoms with E-state index in [4.69, 9.17) is 0 Å². The van der Waals surface area contributed by atoms with Gasteiger partial charge in [0.05, 0.1) is 5.92 Å². The highest BCUT2D eigenvalue weighted by Crippen LogP contribution is 2.35. The first-order chi connectivity index (χ1) is 8.36. The van der Waals surface area contributed by atoms with Crippen LogP contribution < -0.4 is 5.32 Å². The van der Waals surface area contributed by atoms with Gasteiger partial charge in [-0.15, -0.1) is 0 Å². The summed E-state index contributed by atoms with van der Waals surface area (Å²) in [4.78, 5) is 14.9. The lowest BCUT2D eigenvalue weighted by molar-refractivity contribution is -0.138. The Hall–Kier alpha value is -0.220. The number of hydrogen-bond acceptors (Lipinski definition) is 3. The molecule has 3 rings (SSSR count). The van der Waals surface area contributed by atoms with Crippen molar-refractivity contribution in [1.29, 1.82) is 0 Å². The second-order valence-electron chi connectivity index (χ2n) is 5.54. The van der Waals surface area contributed by atoms with E-state index in [0.717, 1.165) is 25.9 Å². The Labute approximate surface area is 108 Å². The van der Waals surface area contributed by atoms with Crippen molar-refractivity contribution in [3.63, 3.8) is 0 Å². The second kappa shape index (κ2) is 5.19. The normalized spacial score (nSPS) is 33.6. The van der Waals surface area contributed by atoms with Crippen LogP contribution in [0.15, 0.2) is 0 Å². The van der Waals surface area contributed by atoms with E-state index < -0.39 is 0 Å². The molecule has 0 aromatic rings. The molecule has 1 aliphatic carbocycles. The molecule has 1 saturated carbocycles. The first kappa shape index (κ1) is 11.8. The van der Waals surface area contributed by atoms with Gasteiger partial charge in [-0.25, -0.2) is 0 Å². The molecule has 0 aromatic carbocycles. The molecule has 0 aromatic heterocycles. The first-order valence-corrected chi connectivity index (χ1v) is 8.12. The molecule has 2 aliphatic heterocycles. The Morgan fingerprint density at radius 1 is 1.18 bits per heavy atom. The number of carbonyl (C=O) groups is 1.